The molecule has 4 aromatic carbocycles. The molecule has 4 heterocycles. The number of hydrogen-bond donors (Lipinski definition) is 7. The number of carbonyl (C=O) groups excluding carboxylic acids is 2. The number of H-pyrrole nitrogens is 2. The van der Waals surface area contributed by atoms with E-state index in [9.17, 15) is 30.0 Å². The molecule has 0 radical (unpaired) electrons. The van der Waals surface area contributed by atoms with Crippen LogP contribution in [0.1, 0.15) is 33.5 Å². The van der Waals surface area contributed by atoms with Crippen molar-refractivity contribution in [3.8, 4) is 5.75 Å². The maximum absolute atomic E-state index is 14.3. The lowest BCUT2D eigenvalue weighted by Gasteiger charge is -2.40. The van der Waals surface area contributed by atoms with Crippen LogP contribution in [-0.4, -0.2) is 86.1 Å². The molecule has 7 N–H and O–H groups in total. The molecule has 2 amide bonds. The maximum Gasteiger partial charge on any atom is 0.274 e. The van der Waals surface area contributed by atoms with Crippen LogP contribution < -0.4 is 15.0 Å². The highest BCUT2D eigenvalue weighted by atomic mass is 16.7. The summed E-state index contributed by atoms with van der Waals surface area (Å²) in [7, 11) is 0. The summed E-state index contributed by atoms with van der Waals surface area (Å²) >= 11 is 0. The molecule has 1 saturated heterocycles. The first-order valence-corrected chi connectivity index (χ1v) is 16.5. The molecule has 0 saturated carbocycles. The van der Waals surface area contributed by atoms with Crippen LogP contribution in [0.25, 0.3) is 32.6 Å². The third-order valence-corrected chi connectivity index (χ3v) is 9.65. The molecule has 2 aliphatic heterocycles. The minimum atomic E-state index is -1.60. The number of aliphatic hydroxyl groups excluding tert-OH is 4. The van der Waals surface area contributed by atoms with Gasteiger partial charge in [0.1, 0.15) is 41.6 Å². The Morgan fingerprint density at radius 3 is 2.38 bits per heavy atom. The van der Waals surface area contributed by atoms with Crippen molar-refractivity contribution in [1.29, 1.82) is 0 Å². The summed E-state index contributed by atoms with van der Waals surface area (Å²) in [5, 5.41) is 47.2. The van der Waals surface area contributed by atoms with Crippen molar-refractivity contribution in [3.05, 3.63) is 102 Å². The predicted octanol–water partition coefficient (Wildman–Crippen LogP) is 4.07. The molecule has 6 aromatic rings. The molecule has 256 valence electrons. The summed E-state index contributed by atoms with van der Waals surface area (Å²) in [5.74, 6) is -0.0853. The van der Waals surface area contributed by atoms with Crippen LogP contribution in [0, 0.1) is 5.92 Å². The Hall–Kier alpha value is -5.24. The highest BCUT2D eigenvalue weighted by molar-refractivity contribution is 6.11. The highest BCUT2D eigenvalue weighted by Crippen LogP contribution is 2.42. The number of ether oxygens (including phenoxy) is 2. The topological polar surface area (TPSA) is 180 Å². The summed E-state index contributed by atoms with van der Waals surface area (Å²) in [4.78, 5) is 35.4. The Morgan fingerprint density at radius 1 is 0.860 bits per heavy atom. The molecule has 0 bridgehead atoms. The Labute approximate surface area is 285 Å². The van der Waals surface area contributed by atoms with Crippen LogP contribution in [0.2, 0.25) is 0 Å². The van der Waals surface area contributed by atoms with Gasteiger partial charge in [0.25, 0.3) is 11.8 Å². The number of aliphatic hydroxyl groups is 4. The van der Waals surface area contributed by atoms with E-state index in [0.29, 0.717) is 41.5 Å². The molecule has 6 atom stereocenters. The summed E-state index contributed by atoms with van der Waals surface area (Å²) in [6.07, 6.45) is -6.52. The van der Waals surface area contributed by atoms with Crippen molar-refractivity contribution in [2.75, 3.05) is 23.4 Å². The Kier molecular flexibility index (Phi) is 8.05. The zero-order chi connectivity index (χ0) is 34.7. The summed E-state index contributed by atoms with van der Waals surface area (Å²) in [6, 6.07) is 26.0. The van der Waals surface area contributed by atoms with Crippen molar-refractivity contribution >= 4 is 55.8 Å². The van der Waals surface area contributed by atoms with E-state index >= 15 is 0 Å². The largest absolute Gasteiger partial charge is 0.461 e. The molecule has 50 heavy (non-hydrogen) atoms. The molecular weight excluding hydrogens is 640 g/mol. The first-order chi connectivity index (χ1) is 24.2. The van der Waals surface area contributed by atoms with Gasteiger partial charge in [0, 0.05) is 45.5 Å². The molecule has 0 spiro atoms. The number of anilines is 2. The number of aromatic amines is 2. The maximum atomic E-state index is 14.3. The number of nitrogens with one attached hydrogen (secondary N) is 3. The first-order valence-electron chi connectivity index (χ1n) is 16.5. The van der Waals surface area contributed by atoms with E-state index in [1.165, 1.54) is 0 Å². The zero-order valence-electron chi connectivity index (χ0n) is 27.0. The third kappa shape index (κ3) is 5.56. The summed E-state index contributed by atoms with van der Waals surface area (Å²) in [6.45, 7) is 1.94. The lowest BCUT2D eigenvalue weighted by molar-refractivity contribution is -0.277. The number of fused-ring (bicyclic) bond motifs is 5. The van der Waals surface area contributed by atoms with E-state index in [1.807, 2.05) is 60.7 Å². The van der Waals surface area contributed by atoms with Crippen molar-refractivity contribution in [3.63, 3.8) is 0 Å². The monoisotopic (exact) mass is 676 g/mol. The van der Waals surface area contributed by atoms with Gasteiger partial charge in [-0.3, -0.25) is 9.59 Å². The third-order valence-electron chi connectivity index (χ3n) is 9.65. The quantitative estimate of drug-likeness (QED) is 0.138. The molecule has 2 aliphatic rings. The van der Waals surface area contributed by atoms with Crippen molar-refractivity contribution < 1.29 is 39.5 Å². The lowest BCUT2D eigenvalue weighted by atomic mass is 9.89. The number of rotatable bonds is 6. The normalized spacial score (nSPS) is 23.7. The van der Waals surface area contributed by atoms with Crippen molar-refractivity contribution in [1.82, 2.24) is 9.97 Å². The van der Waals surface area contributed by atoms with Gasteiger partial charge in [-0.2, -0.15) is 0 Å². The van der Waals surface area contributed by atoms with Crippen LogP contribution in [0.4, 0.5) is 11.4 Å². The van der Waals surface area contributed by atoms with E-state index < -0.39 is 37.3 Å². The number of hydrogen-bond acceptors (Lipinski definition) is 8. The van der Waals surface area contributed by atoms with Gasteiger partial charge >= 0.3 is 0 Å². The number of amides is 2. The van der Waals surface area contributed by atoms with Crippen LogP contribution in [0.15, 0.2) is 84.9 Å². The Balaban J connectivity index is 1.10. The first kappa shape index (κ1) is 32.0. The molecule has 1 fully saturated rings. The smallest absolute Gasteiger partial charge is 0.274 e. The van der Waals surface area contributed by atoms with E-state index in [2.05, 4.69) is 22.2 Å². The number of aromatic nitrogens is 2. The van der Waals surface area contributed by atoms with E-state index in [4.69, 9.17) is 9.47 Å². The number of nitrogens with zero attached hydrogens (tertiary/aromatic N) is 1. The zero-order valence-corrected chi connectivity index (χ0v) is 27.0. The molecule has 6 unspecified atom stereocenters. The Bertz CT molecular complexity index is 2230. The molecule has 12 nitrogen and oxygen atoms in total. The van der Waals surface area contributed by atoms with E-state index in [1.54, 1.807) is 29.2 Å². The second-order valence-corrected chi connectivity index (χ2v) is 13.2. The minimum absolute atomic E-state index is 0.142. The average Bonchev–Trinajstić information content (AvgIpc) is 3.76. The van der Waals surface area contributed by atoms with Crippen molar-refractivity contribution in [2.45, 2.75) is 44.1 Å². The van der Waals surface area contributed by atoms with Gasteiger partial charge in [0.05, 0.1) is 12.3 Å². The van der Waals surface area contributed by atoms with Gasteiger partial charge in [-0.05, 0) is 59.7 Å². The Morgan fingerprint density at radius 2 is 1.58 bits per heavy atom. The molecule has 8 rings (SSSR count). The standard InChI is InChI=1S/C38H36N4O8/c1-19-12-25-23-7-3-4-8-24(23)31(49-38-35(46)34(45)33(44)32(18-43)50-38)16-30(25)42(17-19)37(48)29-15-21-13-22(10-11-27(21)41-29)39-36(47)28-14-20-6-2-5-9-26(20)40-28/h2-11,13-16,19,32-35,38,40-41,43-46H,12,17-18H2,1H3,(H,39,47). The van der Waals surface area contributed by atoms with Crippen LogP contribution >= 0.6 is 0 Å². The molecule has 12 heteroatoms. The lowest BCUT2D eigenvalue weighted by Crippen LogP contribution is -2.60. The van der Waals surface area contributed by atoms with Gasteiger partial charge in [0.15, 0.2) is 0 Å². The SMILES string of the molecule is CC1Cc2c(cc(OC3OC(CO)C(O)C(O)C3O)c3ccccc23)N(C(=O)c2cc3cc(NC(=O)c4cc5ccccc5[nH]4)ccc3[nH]2)C1. The fourth-order valence-corrected chi connectivity index (χ4v) is 7.11. The fourth-order valence-electron chi connectivity index (χ4n) is 7.11. The van der Waals surface area contributed by atoms with Gasteiger partial charge in [-0.1, -0.05) is 49.4 Å². The van der Waals surface area contributed by atoms with E-state index in [-0.39, 0.29) is 17.7 Å². The van der Waals surface area contributed by atoms with Gasteiger partial charge in [-0.25, -0.2) is 0 Å². The van der Waals surface area contributed by atoms with Gasteiger partial charge in [0.2, 0.25) is 6.29 Å². The molecular formula is C38H36N4O8. The van der Waals surface area contributed by atoms with Crippen LogP contribution in [-0.2, 0) is 11.2 Å². The van der Waals surface area contributed by atoms with Crippen LogP contribution in [0.5, 0.6) is 5.75 Å². The second kappa shape index (κ2) is 12.6. The number of carbonyl (C=O) groups is 2. The summed E-state index contributed by atoms with van der Waals surface area (Å²) in [5.41, 5.74) is 4.59. The minimum Gasteiger partial charge on any atom is -0.461 e. The molecule has 0 aliphatic carbocycles. The number of benzene rings is 4. The molecule has 2 aromatic heterocycles. The average molecular weight is 677 g/mol. The number of para-hydroxylation sites is 1. The van der Waals surface area contributed by atoms with E-state index in [0.717, 1.165) is 38.1 Å². The fraction of sp³-hybridized carbons (Fsp3) is 0.263. The van der Waals surface area contributed by atoms with Gasteiger partial charge < -0.3 is 50.1 Å². The van der Waals surface area contributed by atoms with Crippen LogP contribution in [0.3, 0.4) is 0 Å². The summed E-state index contributed by atoms with van der Waals surface area (Å²) < 4.78 is 11.8. The predicted molar refractivity (Wildman–Crippen MR) is 187 cm³/mol. The second-order valence-electron chi connectivity index (χ2n) is 13.2. The van der Waals surface area contributed by atoms with Gasteiger partial charge in [-0.15, -0.1) is 0 Å². The highest BCUT2D eigenvalue weighted by Gasteiger charge is 2.45. The van der Waals surface area contributed by atoms with Crippen molar-refractivity contribution in [2.24, 2.45) is 5.92 Å².